The number of hydrogen-bond donors (Lipinski definition) is 2. The van der Waals surface area contributed by atoms with E-state index < -0.39 is 28.4 Å². The SMILES string of the molecule is CN(C)CCCN1C(=O)C(=O)C(=C(O)c2cc(Cl)ccc2O)[C@H]1c1cccc([N+](=O)[O-])c1. The number of hydrogen-bond acceptors (Lipinski definition) is 7. The number of ketones is 1. The molecule has 0 radical (unpaired) electrons. The first-order chi connectivity index (χ1) is 15.1. The van der Waals surface area contributed by atoms with Gasteiger partial charge in [-0.25, -0.2) is 0 Å². The number of rotatable bonds is 7. The molecule has 0 spiro atoms. The zero-order valence-electron chi connectivity index (χ0n) is 17.5. The minimum atomic E-state index is -1.06. The van der Waals surface area contributed by atoms with Gasteiger partial charge in [0.1, 0.15) is 11.5 Å². The predicted molar refractivity (Wildman–Crippen MR) is 118 cm³/mol. The third-order valence-electron chi connectivity index (χ3n) is 5.15. The Kier molecular flexibility index (Phi) is 6.81. The van der Waals surface area contributed by atoms with Crippen molar-refractivity contribution in [2.75, 3.05) is 27.2 Å². The predicted octanol–water partition coefficient (Wildman–Crippen LogP) is 3.33. The van der Waals surface area contributed by atoms with Gasteiger partial charge in [-0.1, -0.05) is 23.7 Å². The number of benzene rings is 2. The van der Waals surface area contributed by atoms with Gasteiger partial charge in [0.15, 0.2) is 0 Å². The van der Waals surface area contributed by atoms with Crippen LogP contribution in [-0.4, -0.2) is 63.8 Å². The summed E-state index contributed by atoms with van der Waals surface area (Å²) in [6, 6.07) is 8.44. The maximum Gasteiger partial charge on any atom is 0.295 e. The number of aliphatic hydroxyl groups is 1. The lowest BCUT2D eigenvalue weighted by Gasteiger charge is -2.26. The maximum atomic E-state index is 13.0. The maximum absolute atomic E-state index is 13.0. The van der Waals surface area contributed by atoms with E-state index in [0.29, 0.717) is 18.5 Å². The molecule has 3 rings (SSSR count). The van der Waals surface area contributed by atoms with Gasteiger partial charge in [0.2, 0.25) is 0 Å². The molecular formula is C22H22ClN3O6. The second kappa shape index (κ2) is 9.37. The molecule has 0 bridgehead atoms. The van der Waals surface area contributed by atoms with Crippen LogP contribution >= 0.6 is 11.6 Å². The molecule has 2 aromatic rings. The van der Waals surface area contributed by atoms with Crippen molar-refractivity contribution in [1.29, 1.82) is 0 Å². The average molecular weight is 460 g/mol. The molecule has 1 heterocycles. The van der Waals surface area contributed by atoms with Crippen LogP contribution in [0.3, 0.4) is 0 Å². The molecule has 1 amide bonds. The van der Waals surface area contributed by atoms with Crippen molar-refractivity contribution in [3.05, 3.63) is 74.3 Å². The van der Waals surface area contributed by atoms with Crippen molar-refractivity contribution in [2.24, 2.45) is 0 Å². The Labute approximate surface area is 189 Å². The fourth-order valence-corrected chi connectivity index (χ4v) is 3.84. The molecule has 168 valence electrons. The summed E-state index contributed by atoms with van der Waals surface area (Å²) in [4.78, 5) is 39.8. The van der Waals surface area contributed by atoms with Crippen molar-refractivity contribution in [2.45, 2.75) is 12.5 Å². The van der Waals surface area contributed by atoms with Crippen LogP contribution in [0.1, 0.15) is 23.6 Å². The monoisotopic (exact) mass is 459 g/mol. The van der Waals surface area contributed by atoms with Crippen LogP contribution in [0, 0.1) is 10.1 Å². The minimum absolute atomic E-state index is 0.112. The van der Waals surface area contributed by atoms with E-state index in [9.17, 15) is 29.9 Å². The number of aliphatic hydroxyl groups excluding tert-OH is 1. The highest BCUT2D eigenvalue weighted by Crippen LogP contribution is 2.41. The zero-order valence-corrected chi connectivity index (χ0v) is 18.2. The molecule has 2 aromatic carbocycles. The van der Waals surface area contributed by atoms with Crippen LogP contribution < -0.4 is 0 Å². The van der Waals surface area contributed by atoms with E-state index in [2.05, 4.69) is 0 Å². The molecule has 9 nitrogen and oxygen atoms in total. The quantitative estimate of drug-likeness (QED) is 0.214. The van der Waals surface area contributed by atoms with Gasteiger partial charge in [0.05, 0.1) is 22.1 Å². The van der Waals surface area contributed by atoms with Crippen molar-refractivity contribution >= 4 is 34.7 Å². The largest absolute Gasteiger partial charge is 0.507 e. The van der Waals surface area contributed by atoms with Crippen molar-refractivity contribution < 1.29 is 24.7 Å². The van der Waals surface area contributed by atoms with Crippen LogP contribution in [0.15, 0.2) is 48.0 Å². The third-order valence-corrected chi connectivity index (χ3v) is 5.39. The summed E-state index contributed by atoms with van der Waals surface area (Å²) >= 11 is 5.98. The number of likely N-dealkylation sites (tertiary alicyclic amines) is 1. The summed E-state index contributed by atoms with van der Waals surface area (Å²) in [5, 5.41) is 32.7. The summed E-state index contributed by atoms with van der Waals surface area (Å²) in [7, 11) is 3.74. The van der Waals surface area contributed by atoms with Crippen molar-refractivity contribution in [3.8, 4) is 5.75 Å². The van der Waals surface area contributed by atoms with Crippen LogP contribution in [0.5, 0.6) is 5.75 Å². The number of nitro benzene ring substituents is 1. The summed E-state index contributed by atoms with van der Waals surface area (Å²) in [6.45, 7) is 0.828. The molecule has 0 unspecified atom stereocenters. The number of nitrogens with zero attached hydrogens (tertiary/aromatic N) is 3. The number of non-ortho nitro benzene ring substituents is 1. The number of carbonyl (C=O) groups is 2. The van der Waals surface area contributed by atoms with E-state index in [4.69, 9.17) is 11.6 Å². The smallest absolute Gasteiger partial charge is 0.295 e. The number of phenolic OH excluding ortho intramolecular Hbond substituents is 1. The molecule has 1 saturated heterocycles. The molecule has 1 aliphatic heterocycles. The van der Waals surface area contributed by atoms with Gasteiger partial charge in [-0.15, -0.1) is 0 Å². The van der Waals surface area contributed by atoms with Gasteiger partial charge >= 0.3 is 0 Å². The van der Waals surface area contributed by atoms with E-state index >= 15 is 0 Å². The Balaban J connectivity index is 2.18. The Morgan fingerprint density at radius 3 is 2.59 bits per heavy atom. The van der Waals surface area contributed by atoms with Gasteiger partial charge in [-0.2, -0.15) is 0 Å². The number of nitro groups is 1. The van der Waals surface area contributed by atoms with E-state index in [1.807, 2.05) is 19.0 Å². The van der Waals surface area contributed by atoms with Gasteiger partial charge in [-0.3, -0.25) is 19.7 Å². The van der Waals surface area contributed by atoms with Crippen LogP contribution in [0.4, 0.5) is 5.69 Å². The number of aromatic hydroxyl groups is 1. The van der Waals surface area contributed by atoms with Crippen molar-refractivity contribution in [3.63, 3.8) is 0 Å². The lowest BCUT2D eigenvalue weighted by molar-refractivity contribution is -0.384. The van der Waals surface area contributed by atoms with E-state index in [-0.39, 0.29) is 34.1 Å². The highest BCUT2D eigenvalue weighted by atomic mass is 35.5. The van der Waals surface area contributed by atoms with Gasteiger partial charge in [0.25, 0.3) is 17.4 Å². The Bertz CT molecular complexity index is 1110. The molecule has 0 saturated carbocycles. The molecule has 1 fully saturated rings. The average Bonchev–Trinajstić information content (AvgIpc) is 2.99. The van der Waals surface area contributed by atoms with Crippen LogP contribution in [-0.2, 0) is 9.59 Å². The van der Waals surface area contributed by atoms with Crippen LogP contribution in [0.25, 0.3) is 5.76 Å². The van der Waals surface area contributed by atoms with Crippen molar-refractivity contribution in [1.82, 2.24) is 9.80 Å². The Morgan fingerprint density at radius 2 is 1.94 bits per heavy atom. The second-order valence-corrected chi connectivity index (χ2v) is 8.10. The molecule has 1 aliphatic rings. The molecular weight excluding hydrogens is 438 g/mol. The highest BCUT2D eigenvalue weighted by molar-refractivity contribution is 6.46. The molecule has 1 atom stereocenters. The van der Waals surface area contributed by atoms with Gasteiger partial charge < -0.3 is 20.0 Å². The summed E-state index contributed by atoms with van der Waals surface area (Å²) in [5.74, 6) is -2.70. The number of halogens is 1. The van der Waals surface area contributed by atoms with Gasteiger partial charge in [-0.05, 0) is 50.8 Å². The van der Waals surface area contributed by atoms with E-state index in [0.717, 1.165) is 0 Å². The lowest BCUT2D eigenvalue weighted by Crippen LogP contribution is -2.32. The highest BCUT2D eigenvalue weighted by Gasteiger charge is 2.46. The van der Waals surface area contributed by atoms with Gasteiger partial charge in [0, 0.05) is 23.7 Å². The summed E-state index contributed by atoms with van der Waals surface area (Å²) in [6.07, 6.45) is 0.536. The Morgan fingerprint density at radius 1 is 1.22 bits per heavy atom. The molecule has 2 N–H and O–H groups in total. The number of amides is 1. The molecule has 10 heteroatoms. The Hall–Kier alpha value is -3.43. The normalized spacial score (nSPS) is 17.9. The first-order valence-corrected chi connectivity index (χ1v) is 10.2. The number of carbonyl (C=O) groups excluding carboxylic acids is 2. The third kappa shape index (κ3) is 4.58. The lowest BCUT2D eigenvalue weighted by atomic mass is 9.94. The molecule has 0 aliphatic carbocycles. The topological polar surface area (TPSA) is 124 Å². The summed E-state index contributed by atoms with van der Waals surface area (Å²) < 4.78 is 0. The van der Waals surface area contributed by atoms with E-state index in [1.165, 1.54) is 41.3 Å². The molecule has 32 heavy (non-hydrogen) atoms. The minimum Gasteiger partial charge on any atom is -0.507 e. The number of phenols is 1. The first kappa shape index (κ1) is 23.2. The van der Waals surface area contributed by atoms with Crippen LogP contribution in [0.2, 0.25) is 5.02 Å². The molecule has 0 aromatic heterocycles. The van der Waals surface area contributed by atoms with E-state index in [1.54, 1.807) is 6.07 Å². The fraction of sp³-hybridized carbons (Fsp3) is 0.273. The standard InChI is InChI=1S/C22H22ClN3O6/c1-24(2)9-4-10-25-19(13-5-3-6-15(11-13)26(31)32)18(21(29)22(25)30)20(28)16-12-14(23)7-8-17(16)27/h3,5-8,11-12,19,27-28H,4,9-10H2,1-2H3/t19-/m1/s1. The zero-order chi connectivity index (χ0) is 23.6. The second-order valence-electron chi connectivity index (χ2n) is 7.66. The first-order valence-electron chi connectivity index (χ1n) is 9.78. The summed E-state index contributed by atoms with van der Waals surface area (Å²) in [5.41, 5.74) is -0.296. The number of Topliss-reactive ketones (excluding diaryl/α,β-unsaturated/α-hetero) is 1. The fourth-order valence-electron chi connectivity index (χ4n) is 3.67.